The first-order chi connectivity index (χ1) is 18.4. The molecular formula is C29H30N4O4S. The molecule has 3 aromatic rings. The van der Waals surface area contributed by atoms with Crippen LogP contribution in [0.4, 0.5) is 11.4 Å². The lowest BCUT2D eigenvalue weighted by atomic mass is 9.95. The SMILES string of the molecule is COc1ccc([C@@H]2N=C(SCC(=O)Nc3ccc(C)cc3)NC(C)=C2C(=O)Nc2ccccc2)c(OC)c1. The number of nitrogens with zero attached hydrogens (tertiary/aromatic N) is 1. The van der Waals surface area contributed by atoms with Crippen LogP contribution in [0.15, 0.2) is 89.1 Å². The molecule has 8 nitrogen and oxygen atoms in total. The maximum atomic E-state index is 13.5. The second kappa shape index (κ2) is 12.3. The Morgan fingerprint density at radius 1 is 0.921 bits per heavy atom. The first-order valence-electron chi connectivity index (χ1n) is 12.0. The molecule has 0 spiro atoms. The molecule has 1 heterocycles. The minimum absolute atomic E-state index is 0.144. The van der Waals surface area contributed by atoms with Crippen LogP contribution >= 0.6 is 11.8 Å². The number of amidine groups is 1. The number of carbonyl (C=O) groups is 2. The number of thioether (sulfide) groups is 1. The molecule has 9 heteroatoms. The molecule has 3 N–H and O–H groups in total. The summed E-state index contributed by atoms with van der Waals surface area (Å²) in [6.07, 6.45) is 0. The fraction of sp³-hybridized carbons (Fsp3) is 0.207. The molecule has 0 bridgehead atoms. The van der Waals surface area contributed by atoms with Crippen LogP contribution in [0.3, 0.4) is 0 Å². The Hall–Kier alpha value is -4.24. The number of ether oxygens (including phenoxy) is 2. The number of hydrogen-bond donors (Lipinski definition) is 3. The van der Waals surface area contributed by atoms with E-state index in [-0.39, 0.29) is 17.6 Å². The van der Waals surface area contributed by atoms with E-state index in [9.17, 15) is 9.59 Å². The zero-order valence-corrected chi connectivity index (χ0v) is 22.5. The number of amides is 2. The fourth-order valence-electron chi connectivity index (χ4n) is 3.97. The van der Waals surface area contributed by atoms with Gasteiger partial charge in [-0.1, -0.05) is 47.7 Å². The average molecular weight is 531 g/mol. The third-order valence-electron chi connectivity index (χ3n) is 5.91. The van der Waals surface area contributed by atoms with Gasteiger partial charge in [-0.3, -0.25) is 9.59 Å². The third kappa shape index (κ3) is 6.54. The van der Waals surface area contributed by atoms with Crippen LogP contribution in [0, 0.1) is 6.92 Å². The number of anilines is 2. The molecule has 0 saturated heterocycles. The first-order valence-corrected chi connectivity index (χ1v) is 13.0. The summed E-state index contributed by atoms with van der Waals surface area (Å²) in [5.74, 6) is 0.872. The van der Waals surface area contributed by atoms with Crippen molar-refractivity contribution < 1.29 is 19.1 Å². The van der Waals surface area contributed by atoms with Crippen molar-refractivity contribution in [3.63, 3.8) is 0 Å². The van der Waals surface area contributed by atoms with Crippen molar-refractivity contribution in [2.45, 2.75) is 19.9 Å². The van der Waals surface area contributed by atoms with Gasteiger partial charge in [0.2, 0.25) is 5.91 Å². The number of carbonyl (C=O) groups excluding carboxylic acids is 2. The highest BCUT2D eigenvalue weighted by Crippen LogP contribution is 2.39. The third-order valence-corrected chi connectivity index (χ3v) is 6.79. The maximum Gasteiger partial charge on any atom is 0.255 e. The van der Waals surface area contributed by atoms with E-state index < -0.39 is 6.04 Å². The maximum absolute atomic E-state index is 13.5. The highest BCUT2D eigenvalue weighted by molar-refractivity contribution is 8.14. The minimum Gasteiger partial charge on any atom is -0.497 e. The van der Waals surface area contributed by atoms with E-state index in [1.165, 1.54) is 11.8 Å². The highest BCUT2D eigenvalue weighted by atomic mass is 32.2. The Morgan fingerprint density at radius 2 is 1.63 bits per heavy atom. The van der Waals surface area contributed by atoms with Gasteiger partial charge in [0.05, 0.1) is 25.5 Å². The Labute approximate surface area is 226 Å². The number of rotatable bonds is 8. The average Bonchev–Trinajstić information content (AvgIpc) is 2.93. The second-order valence-electron chi connectivity index (χ2n) is 8.63. The molecule has 0 fully saturated rings. The summed E-state index contributed by atoms with van der Waals surface area (Å²) < 4.78 is 11.0. The van der Waals surface area contributed by atoms with Crippen molar-refractivity contribution in [1.82, 2.24) is 5.32 Å². The van der Waals surface area contributed by atoms with E-state index in [0.29, 0.717) is 39.2 Å². The number of methoxy groups -OCH3 is 2. The summed E-state index contributed by atoms with van der Waals surface area (Å²) in [6.45, 7) is 3.82. The fourth-order valence-corrected chi connectivity index (χ4v) is 4.72. The lowest BCUT2D eigenvalue weighted by Gasteiger charge is -2.27. The van der Waals surface area contributed by atoms with Gasteiger partial charge >= 0.3 is 0 Å². The number of allylic oxidation sites excluding steroid dienone is 1. The smallest absolute Gasteiger partial charge is 0.255 e. The molecule has 2 amide bonds. The van der Waals surface area contributed by atoms with Gasteiger partial charge in [0.25, 0.3) is 5.91 Å². The summed E-state index contributed by atoms with van der Waals surface area (Å²) in [4.78, 5) is 30.9. The molecule has 1 atom stereocenters. The summed E-state index contributed by atoms with van der Waals surface area (Å²) >= 11 is 1.26. The summed E-state index contributed by atoms with van der Waals surface area (Å²) in [5, 5.41) is 9.59. The molecule has 1 aliphatic rings. The van der Waals surface area contributed by atoms with E-state index >= 15 is 0 Å². The van der Waals surface area contributed by atoms with Gasteiger partial charge in [0, 0.05) is 28.7 Å². The lowest BCUT2D eigenvalue weighted by Crippen LogP contribution is -2.33. The molecule has 196 valence electrons. The predicted molar refractivity (Wildman–Crippen MR) is 153 cm³/mol. The number of aryl methyl sites for hydroxylation is 1. The van der Waals surface area contributed by atoms with Crippen molar-refractivity contribution in [3.05, 3.63) is 95.2 Å². The van der Waals surface area contributed by atoms with E-state index in [1.807, 2.05) is 74.5 Å². The van der Waals surface area contributed by atoms with Crippen molar-refractivity contribution >= 4 is 40.1 Å². The first kappa shape index (κ1) is 26.8. The molecule has 3 aromatic carbocycles. The summed E-state index contributed by atoms with van der Waals surface area (Å²) in [7, 11) is 3.14. The minimum atomic E-state index is -0.663. The predicted octanol–water partition coefficient (Wildman–Crippen LogP) is 5.30. The molecule has 0 unspecified atom stereocenters. The molecule has 0 radical (unpaired) electrons. The van der Waals surface area contributed by atoms with E-state index in [2.05, 4.69) is 16.0 Å². The van der Waals surface area contributed by atoms with Crippen LogP contribution < -0.4 is 25.4 Å². The zero-order valence-electron chi connectivity index (χ0n) is 21.7. The monoisotopic (exact) mass is 530 g/mol. The zero-order chi connectivity index (χ0) is 27.1. The van der Waals surface area contributed by atoms with Gasteiger partial charge in [-0.05, 0) is 50.2 Å². The van der Waals surface area contributed by atoms with Gasteiger partial charge < -0.3 is 25.4 Å². The summed E-state index contributed by atoms with van der Waals surface area (Å²) in [5.41, 5.74) is 4.32. The van der Waals surface area contributed by atoms with Gasteiger partial charge in [-0.25, -0.2) is 4.99 Å². The molecule has 1 aliphatic heterocycles. The van der Waals surface area contributed by atoms with Crippen LogP contribution in [0.5, 0.6) is 11.5 Å². The van der Waals surface area contributed by atoms with Crippen LogP contribution in [0.1, 0.15) is 24.1 Å². The normalized spacial score (nSPS) is 14.7. The molecule has 0 saturated carbocycles. The van der Waals surface area contributed by atoms with Crippen LogP contribution in [-0.4, -0.2) is 37.0 Å². The topological polar surface area (TPSA) is 101 Å². The second-order valence-corrected chi connectivity index (χ2v) is 9.60. The van der Waals surface area contributed by atoms with E-state index in [0.717, 1.165) is 11.3 Å². The van der Waals surface area contributed by atoms with Gasteiger partial charge in [-0.2, -0.15) is 0 Å². The van der Waals surface area contributed by atoms with Gasteiger partial charge in [0.1, 0.15) is 17.5 Å². The number of para-hydroxylation sites is 1. The number of nitrogens with one attached hydrogen (secondary N) is 3. The Kier molecular flexibility index (Phi) is 8.70. The van der Waals surface area contributed by atoms with Crippen LogP contribution in [0.25, 0.3) is 0 Å². The number of benzene rings is 3. The molecule has 4 rings (SSSR count). The Balaban J connectivity index is 1.59. The van der Waals surface area contributed by atoms with Gasteiger partial charge in [-0.15, -0.1) is 0 Å². The molecule has 38 heavy (non-hydrogen) atoms. The van der Waals surface area contributed by atoms with E-state index in [4.69, 9.17) is 14.5 Å². The van der Waals surface area contributed by atoms with Crippen molar-refractivity contribution in [2.24, 2.45) is 4.99 Å². The van der Waals surface area contributed by atoms with Crippen molar-refractivity contribution in [1.29, 1.82) is 0 Å². The highest BCUT2D eigenvalue weighted by Gasteiger charge is 2.32. The Bertz CT molecular complexity index is 1370. The summed E-state index contributed by atoms with van der Waals surface area (Å²) in [6, 6.07) is 21.6. The number of hydrogen-bond acceptors (Lipinski definition) is 7. The van der Waals surface area contributed by atoms with Crippen molar-refractivity contribution in [2.75, 3.05) is 30.6 Å². The van der Waals surface area contributed by atoms with Crippen LogP contribution in [-0.2, 0) is 9.59 Å². The van der Waals surface area contributed by atoms with Crippen LogP contribution in [0.2, 0.25) is 0 Å². The van der Waals surface area contributed by atoms with E-state index in [1.54, 1.807) is 26.4 Å². The number of aliphatic imine (C=N–C) groups is 1. The Morgan fingerprint density at radius 3 is 2.32 bits per heavy atom. The largest absolute Gasteiger partial charge is 0.497 e. The van der Waals surface area contributed by atoms with Crippen molar-refractivity contribution in [3.8, 4) is 11.5 Å². The molecular weight excluding hydrogens is 500 g/mol. The molecule has 0 aliphatic carbocycles. The quantitative estimate of drug-likeness (QED) is 0.366. The van der Waals surface area contributed by atoms with Gasteiger partial charge in [0.15, 0.2) is 5.17 Å². The lowest BCUT2D eigenvalue weighted by molar-refractivity contribution is -0.114. The molecule has 0 aromatic heterocycles. The standard InChI is InChI=1S/C29H30N4O4S/c1-18-10-12-21(13-11-18)31-25(34)17-38-29-30-19(2)26(28(35)32-20-8-6-5-7-9-20)27(33-29)23-15-14-22(36-3)16-24(23)37-4/h5-16,27H,17H2,1-4H3,(H,30,33)(H,31,34)(H,32,35)/t27-/m0/s1.